The van der Waals surface area contributed by atoms with Crippen molar-refractivity contribution in [2.75, 3.05) is 6.61 Å². The minimum absolute atomic E-state index is 0.0588. The zero-order valence-electron chi connectivity index (χ0n) is 17.2. The average Bonchev–Trinajstić information content (AvgIpc) is 2.74. The minimum Gasteiger partial charge on any atom is -0.481 e. The maximum absolute atomic E-state index is 11.6. The average molecular weight is 445 g/mol. The molecule has 0 saturated carbocycles. The predicted octanol–water partition coefficient (Wildman–Crippen LogP) is 5.48. The lowest BCUT2D eigenvalue weighted by atomic mass is 9.91. The summed E-state index contributed by atoms with van der Waals surface area (Å²) >= 11 is 6.34. The maximum atomic E-state index is 11.6. The molecule has 164 valence electrons. The molecule has 0 spiro atoms. The van der Waals surface area contributed by atoms with E-state index in [0.717, 1.165) is 11.1 Å². The van der Waals surface area contributed by atoms with Gasteiger partial charge in [-0.1, -0.05) is 60.2 Å². The summed E-state index contributed by atoms with van der Waals surface area (Å²) in [5, 5.41) is 9.34. The van der Waals surface area contributed by atoms with Gasteiger partial charge in [-0.25, -0.2) is 0 Å². The summed E-state index contributed by atoms with van der Waals surface area (Å²) in [6, 6.07) is 14.6. The highest BCUT2D eigenvalue weighted by atomic mass is 35.5. The number of esters is 1. The number of para-hydroxylation sites is 1. The smallest absolute Gasteiger partial charge is 0.308 e. The number of rotatable bonds is 8. The molecular formula is C24H25ClO6. The Labute approximate surface area is 186 Å². The number of hydrogen-bond acceptors (Lipinski definition) is 5. The van der Waals surface area contributed by atoms with Gasteiger partial charge in [0, 0.05) is 35.4 Å². The quantitative estimate of drug-likeness (QED) is 0.330. The normalized spacial score (nSPS) is 21.2. The third-order valence-corrected chi connectivity index (χ3v) is 5.27. The summed E-state index contributed by atoms with van der Waals surface area (Å²) in [5.41, 5.74) is 1.48. The molecule has 0 amide bonds. The van der Waals surface area contributed by atoms with Crippen LogP contribution in [0.1, 0.15) is 49.7 Å². The van der Waals surface area contributed by atoms with Gasteiger partial charge in [0.25, 0.3) is 0 Å². The molecule has 0 aliphatic carbocycles. The summed E-state index contributed by atoms with van der Waals surface area (Å²) in [7, 11) is 0. The molecule has 0 radical (unpaired) electrons. The topological polar surface area (TPSA) is 82.1 Å². The second-order valence-electron chi connectivity index (χ2n) is 7.27. The van der Waals surface area contributed by atoms with Gasteiger partial charge in [0.1, 0.15) is 5.75 Å². The second kappa shape index (κ2) is 11.1. The molecule has 1 aliphatic rings. The van der Waals surface area contributed by atoms with Crippen molar-refractivity contribution in [3.05, 3.63) is 76.8 Å². The third kappa shape index (κ3) is 6.40. The Morgan fingerprint density at radius 2 is 1.84 bits per heavy atom. The number of carbonyl (C=O) groups is 2. The Balaban J connectivity index is 1.85. The fraction of sp³-hybridized carbons (Fsp3) is 0.333. The van der Waals surface area contributed by atoms with E-state index in [1.54, 1.807) is 18.2 Å². The first kappa shape index (κ1) is 23.0. The van der Waals surface area contributed by atoms with Crippen LogP contribution in [0.4, 0.5) is 0 Å². The number of halogens is 1. The van der Waals surface area contributed by atoms with Crippen molar-refractivity contribution in [2.45, 2.75) is 38.6 Å². The van der Waals surface area contributed by atoms with Gasteiger partial charge < -0.3 is 19.3 Å². The van der Waals surface area contributed by atoms with E-state index in [9.17, 15) is 9.59 Å². The Hall–Kier alpha value is -2.67. The van der Waals surface area contributed by atoms with Crippen molar-refractivity contribution in [1.29, 1.82) is 0 Å². The first-order valence-corrected chi connectivity index (χ1v) is 10.5. The Kier molecular flexibility index (Phi) is 8.23. The van der Waals surface area contributed by atoms with Crippen molar-refractivity contribution >= 4 is 23.5 Å². The van der Waals surface area contributed by atoms with Crippen LogP contribution in [0.15, 0.2) is 60.7 Å². The van der Waals surface area contributed by atoms with Crippen LogP contribution in [0, 0.1) is 5.92 Å². The summed E-state index contributed by atoms with van der Waals surface area (Å²) in [6.07, 6.45) is 3.89. The lowest BCUT2D eigenvalue weighted by Gasteiger charge is -2.37. The summed E-state index contributed by atoms with van der Waals surface area (Å²) < 4.78 is 17.7. The van der Waals surface area contributed by atoms with Gasteiger partial charge >= 0.3 is 11.9 Å². The van der Waals surface area contributed by atoms with Crippen molar-refractivity contribution in [2.24, 2.45) is 5.92 Å². The van der Waals surface area contributed by atoms with Crippen LogP contribution in [0.2, 0.25) is 5.02 Å². The molecule has 2 aromatic carbocycles. The van der Waals surface area contributed by atoms with E-state index < -0.39 is 24.3 Å². The fourth-order valence-corrected chi connectivity index (χ4v) is 3.71. The van der Waals surface area contributed by atoms with E-state index in [4.69, 9.17) is 30.9 Å². The number of hydrogen-bond donors (Lipinski definition) is 1. The molecule has 0 bridgehead atoms. The van der Waals surface area contributed by atoms with Crippen molar-refractivity contribution in [3.8, 4) is 5.75 Å². The van der Waals surface area contributed by atoms with Crippen LogP contribution in [-0.4, -0.2) is 23.7 Å². The zero-order valence-corrected chi connectivity index (χ0v) is 18.0. The van der Waals surface area contributed by atoms with Gasteiger partial charge in [0.2, 0.25) is 0 Å². The number of carboxylic acids is 1. The molecule has 3 rings (SSSR count). The summed E-state index contributed by atoms with van der Waals surface area (Å²) in [6.45, 7) is 1.76. The van der Waals surface area contributed by atoms with E-state index in [-0.39, 0.29) is 12.3 Å². The molecule has 1 heterocycles. The largest absolute Gasteiger partial charge is 0.481 e. The molecule has 6 nitrogen and oxygen atoms in total. The molecule has 1 saturated heterocycles. The lowest BCUT2D eigenvalue weighted by molar-refractivity contribution is -0.244. The monoisotopic (exact) mass is 444 g/mol. The summed E-state index contributed by atoms with van der Waals surface area (Å²) in [5.74, 6) is -0.854. The third-order valence-electron chi connectivity index (χ3n) is 4.93. The van der Waals surface area contributed by atoms with Crippen LogP contribution < -0.4 is 4.74 Å². The van der Waals surface area contributed by atoms with Crippen molar-refractivity contribution < 1.29 is 28.9 Å². The predicted molar refractivity (Wildman–Crippen MR) is 116 cm³/mol. The molecule has 0 unspecified atom stereocenters. The standard InChI is InChI=1S/C24H25ClO6/c1-16(26)30-21-13-8-6-11-19(21)23-17(9-3-2-4-14-22(27)28)15-29-24(31-23)18-10-5-7-12-20(18)25/h2-3,5-8,10-13,17,23-24H,4,9,14-15H2,1H3,(H,27,28)/b3-2-/t17-,23+,24+/m0/s1. The molecule has 0 aromatic heterocycles. The zero-order chi connectivity index (χ0) is 22.2. The molecule has 2 aromatic rings. The molecule has 1 aliphatic heterocycles. The van der Waals surface area contributed by atoms with Crippen molar-refractivity contribution in [3.63, 3.8) is 0 Å². The second-order valence-corrected chi connectivity index (χ2v) is 7.68. The molecule has 7 heteroatoms. The first-order valence-electron chi connectivity index (χ1n) is 10.1. The Morgan fingerprint density at radius 1 is 1.13 bits per heavy atom. The number of benzene rings is 2. The van der Waals surface area contributed by atoms with Gasteiger partial charge in [-0.15, -0.1) is 0 Å². The molecule has 1 fully saturated rings. The highest BCUT2D eigenvalue weighted by Gasteiger charge is 2.35. The number of carboxylic acid groups (broad SMARTS) is 1. The van der Waals surface area contributed by atoms with Crippen molar-refractivity contribution in [1.82, 2.24) is 0 Å². The van der Waals surface area contributed by atoms with Crippen LogP contribution in [0.25, 0.3) is 0 Å². The lowest BCUT2D eigenvalue weighted by Crippen LogP contribution is -2.31. The highest BCUT2D eigenvalue weighted by molar-refractivity contribution is 6.31. The first-order chi connectivity index (χ1) is 15.0. The van der Waals surface area contributed by atoms with Gasteiger partial charge in [-0.2, -0.15) is 0 Å². The van der Waals surface area contributed by atoms with E-state index in [1.165, 1.54) is 6.92 Å². The highest BCUT2D eigenvalue weighted by Crippen LogP contribution is 2.43. The molecule has 3 atom stereocenters. The number of carbonyl (C=O) groups excluding carboxylic acids is 1. The minimum atomic E-state index is -0.829. The number of allylic oxidation sites excluding steroid dienone is 2. The molecular weight excluding hydrogens is 420 g/mol. The Bertz CT molecular complexity index is 941. The van der Waals surface area contributed by atoms with Gasteiger partial charge in [-0.3, -0.25) is 9.59 Å². The van der Waals surface area contributed by atoms with Crippen LogP contribution >= 0.6 is 11.6 Å². The maximum Gasteiger partial charge on any atom is 0.308 e. The Morgan fingerprint density at radius 3 is 2.55 bits per heavy atom. The van der Waals surface area contributed by atoms with Crippen LogP contribution in [0.3, 0.4) is 0 Å². The van der Waals surface area contributed by atoms with E-state index in [2.05, 4.69) is 0 Å². The van der Waals surface area contributed by atoms with Gasteiger partial charge in [0.05, 0.1) is 12.7 Å². The van der Waals surface area contributed by atoms with Crippen LogP contribution in [-0.2, 0) is 19.1 Å². The molecule has 1 N–H and O–H groups in total. The number of aliphatic carboxylic acids is 1. The van der Waals surface area contributed by atoms with E-state index in [1.807, 2.05) is 42.5 Å². The van der Waals surface area contributed by atoms with E-state index >= 15 is 0 Å². The van der Waals surface area contributed by atoms with E-state index in [0.29, 0.717) is 30.2 Å². The summed E-state index contributed by atoms with van der Waals surface area (Å²) in [4.78, 5) is 22.3. The van der Waals surface area contributed by atoms with Gasteiger partial charge in [-0.05, 0) is 25.0 Å². The number of ether oxygens (including phenoxy) is 3. The fourth-order valence-electron chi connectivity index (χ4n) is 3.49. The van der Waals surface area contributed by atoms with Crippen LogP contribution in [0.5, 0.6) is 5.75 Å². The SMILES string of the molecule is CC(=O)Oc1ccccc1[C@@H]1O[C@H](c2ccccc2Cl)OC[C@@H]1C/C=C\CCC(=O)O. The molecule has 31 heavy (non-hydrogen) atoms. The van der Waals surface area contributed by atoms with Gasteiger partial charge in [0.15, 0.2) is 6.29 Å².